The molecule has 0 atom stereocenters. The number of halogens is 2. The van der Waals surface area contributed by atoms with Crippen LogP contribution >= 0.6 is 23.2 Å². The lowest BCUT2D eigenvalue weighted by Gasteiger charge is -2.14. The Bertz CT molecular complexity index is 641. The van der Waals surface area contributed by atoms with Crippen molar-refractivity contribution in [3.63, 3.8) is 0 Å². The van der Waals surface area contributed by atoms with Crippen LogP contribution in [-0.2, 0) is 5.41 Å². The number of urea groups is 1. The van der Waals surface area contributed by atoms with E-state index in [9.17, 15) is 4.79 Å². The highest BCUT2D eigenvalue weighted by molar-refractivity contribution is 6.35. The molecule has 7 heteroatoms. The van der Waals surface area contributed by atoms with Gasteiger partial charge in [0.15, 0.2) is 5.82 Å². The third-order valence-corrected chi connectivity index (χ3v) is 3.18. The summed E-state index contributed by atoms with van der Waals surface area (Å²) in [4.78, 5) is 11.9. The van der Waals surface area contributed by atoms with Crippen molar-refractivity contribution in [1.82, 2.24) is 10.2 Å². The van der Waals surface area contributed by atoms with Crippen LogP contribution in [0.2, 0.25) is 10.0 Å². The molecule has 5 nitrogen and oxygen atoms in total. The van der Waals surface area contributed by atoms with E-state index < -0.39 is 6.03 Å². The molecule has 1 aromatic heterocycles. The first-order valence-electron chi connectivity index (χ1n) is 6.34. The average molecular weight is 327 g/mol. The third-order valence-electron chi connectivity index (χ3n) is 2.75. The first-order valence-corrected chi connectivity index (χ1v) is 7.09. The van der Waals surface area contributed by atoms with Crippen molar-refractivity contribution in [2.45, 2.75) is 26.2 Å². The topological polar surface area (TPSA) is 69.8 Å². The summed E-state index contributed by atoms with van der Waals surface area (Å²) >= 11 is 11.7. The van der Waals surface area contributed by atoms with Crippen LogP contribution in [0.25, 0.3) is 0 Å². The lowest BCUT2D eigenvalue weighted by atomic mass is 9.92. The molecule has 0 radical (unpaired) electrons. The minimum absolute atomic E-state index is 0.0656. The van der Waals surface area contributed by atoms with E-state index in [2.05, 4.69) is 41.6 Å². The fourth-order valence-corrected chi connectivity index (χ4v) is 2.20. The molecular weight excluding hydrogens is 311 g/mol. The number of hydrogen-bond donors (Lipinski definition) is 3. The number of aromatic nitrogens is 2. The van der Waals surface area contributed by atoms with Crippen LogP contribution < -0.4 is 10.6 Å². The normalized spacial score (nSPS) is 11.3. The fourth-order valence-electron chi connectivity index (χ4n) is 1.67. The van der Waals surface area contributed by atoms with Crippen LogP contribution in [0, 0.1) is 0 Å². The molecule has 0 unspecified atom stereocenters. The van der Waals surface area contributed by atoms with E-state index in [0.717, 1.165) is 5.69 Å². The first-order chi connectivity index (χ1) is 9.74. The molecule has 2 amide bonds. The van der Waals surface area contributed by atoms with Crippen LogP contribution in [0.5, 0.6) is 0 Å². The summed E-state index contributed by atoms with van der Waals surface area (Å²) in [6.07, 6.45) is 0. The third kappa shape index (κ3) is 4.37. The number of anilines is 2. The summed E-state index contributed by atoms with van der Waals surface area (Å²) in [5.74, 6) is 0.450. The first kappa shape index (κ1) is 15.7. The van der Waals surface area contributed by atoms with Gasteiger partial charge in [0, 0.05) is 32.9 Å². The average Bonchev–Trinajstić information content (AvgIpc) is 2.75. The number of hydrogen-bond acceptors (Lipinski definition) is 2. The SMILES string of the molecule is CC(C)(C)c1cc(NC(=O)Nc2cc(Cl)cc(Cl)c2)n[nH]1. The van der Waals surface area contributed by atoms with Gasteiger partial charge >= 0.3 is 6.03 Å². The minimum atomic E-state index is -0.416. The summed E-state index contributed by atoms with van der Waals surface area (Å²) in [5.41, 5.74) is 1.38. The van der Waals surface area contributed by atoms with E-state index in [1.807, 2.05) is 0 Å². The Hall–Kier alpha value is -1.72. The van der Waals surface area contributed by atoms with Crippen molar-refractivity contribution in [2.24, 2.45) is 0 Å². The Balaban J connectivity index is 2.03. The Kier molecular flexibility index (Phi) is 4.44. The van der Waals surface area contributed by atoms with E-state index in [-0.39, 0.29) is 5.41 Å². The Morgan fingerprint density at radius 3 is 2.24 bits per heavy atom. The van der Waals surface area contributed by atoms with Gasteiger partial charge in [-0.1, -0.05) is 44.0 Å². The van der Waals surface area contributed by atoms with Crippen molar-refractivity contribution in [3.8, 4) is 0 Å². The number of nitrogens with one attached hydrogen (secondary N) is 3. The minimum Gasteiger partial charge on any atom is -0.308 e. The van der Waals surface area contributed by atoms with Gasteiger partial charge in [0.2, 0.25) is 0 Å². The smallest absolute Gasteiger partial charge is 0.308 e. The Morgan fingerprint density at radius 2 is 1.71 bits per heavy atom. The van der Waals surface area contributed by atoms with Gasteiger partial charge in [0.05, 0.1) is 0 Å². The highest BCUT2D eigenvalue weighted by Crippen LogP contribution is 2.23. The molecule has 0 saturated heterocycles. The zero-order chi connectivity index (χ0) is 15.6. The van der Waals surface area contributed by atoms with Crippen molar-refractivity contribution in [1.29, 1.82) is 0 Å². The van der Waals surface area contributed by atoms with E-state index in [0.29, 0.717) is 21.6 Å². The van der Waals surface area contributed by atoms with Gasteiger partial charge < -0.3 is 5.32 Å². The maximum Gasteiger partial charge on any atom is 0.324 e. The van der Waals surface area contributed by atoms with E-state index in [1.54, 1.807) is 24.3 Å². The van der Waals surface area contributed by atoms with Gasteiger partial charge in [-0.3, -0.25) is 10.4 Å². The quantitative estimate of drug-likeness (QED) is 0.751. The number of carbonyl (C=O) groups excluding carboxylic acids is 1. The zero-order valence-electron chi connectivity index (χ0n) is 11.9. The molecule has 0 saturated carbocycles. The number of aromatic amines is 1. The second-order valence-electron chi connectivity index (χ2n) is 5.65. The van der Waals surface area contributed by atoms with E-state index in [1.165, 1.54) is 0 Å². The maximum atomic E-state index is 11.9. The predicted molar refractivity (Wildman–Crippen MR) is 86.4 cm³/mol. The predicted octanol–water partition coefficient (Wildman–Crippen LogP) is 4.66. The molecule has 3 N–H and O–H groups in total. The van der Waals surface area contributed by atoms with Gasteiger partial charge in [-0.15, -0.1) is 0 Å². The van der Waals surface area contributed by atoms with Crippen molar-refractivity contribution >= 4 is 40.7 Å². The molecule has 0 spiro atoms. The summed E-state index contributed by atoms with van der Waals surface area (Å²) in [6, 6.07) is 6.19. The molecule has 2 rings (SSSR count). The van der Waals surface area contributed by atoms with Crippen molar-refractivity contribution in [3.05, 3.63) is 40.0 Å². The van der Waals surface area contributed by atoms with E-state index >= 15 is 0 Å². The molecule has 0 aliphatic heterocycles. The highest BCUT2D eigenvalue weighted by Gasteiger charge is 2.17. The van der Waals surface area contributed by atoms with Crippen molar-refractivity contribution < 1.29 is 4.79 Å². The molecule has 1 aromatic carbocycles. The van der Waals surface area contributed by atoms with E-state index in [4.69, 9.17) is 23.2 Å². The van der Waals surface area contributed by atoms with Crippen LogP contribution in [-0.4, -0.2) is 16.2 Å². The maximum absolute atomic E-state index is 11.9. The second-order valence-corrected chi connectivity index (χ2v) is 6.53. The molecule has 0 fully saturated rings. The molecule has 0 aliphatic rings. The van der Waals surface area contributed by atoms with Crippen LogP contribution in [0.15, 0.2) is 24.3 Å². The molecule has 0 aliphatic carbocycles. The molecular formula is C14H16Cl2N4O. The van der Waals surface area contributed by atoms with Gasteiger partial charge in [-0.2, -0.15) is 5.10 Å². The lowest BCUT2D eigenvalue weighted by molar-refractivity contribution is 0.262. The number of amides is 2. The van der Waals surface area contributed by atoms with Gasteiger partial charge in [0.1, 0.15) is 0 Å². The van der Waals surface area contributed by atoms with Gasteiger partial charge in [-0.05, 0) is 18.2 Å². The van der Waals surface area contributed by atoms with Gasteiger partial charge in [0.25, 0.3) is 0 Å². The number of nitrogens with zero attached hydrogens (tertiary/aromatic N) is 1. The molecule has 2 aromatic rings. The van der Waals surface area contributed by atoms with Gasteiger partial charge in [-0.25, -0.2) is 4.79 Å². The molecule has 21 heavy (non-hydrogen) atoms. The summed E-state index contributed by atoms with van der Waals surface area (Å²) < 4.78 is 0. The number of benzene rings is 1. The van der Waals surface area contributed by atoms with Crippen LogP contribution in [0.1, 0.15) is 26.5 Å². The number of H-pyrrole nitrogens is 1. The summed E-state index contributed by atoms with van der Waals surface area (Å²) in [7, 11) is 0. The summed E-state index contributed by atoms with van der Waals surface area (Å²) in [6.45, 7) is 6.16. The summed E-state index contributed by atoms with van der Waals surface area (Å²) in [5, 5.41) is 13.1. The second kappa shape index (κ2) is 5.95. The van der Waals surface area contributed by atoms with Crippen molar-refractivity contribution in [2.75, 3.05) is 10.6 Å². The van der Waals surface area contributed by atoms with Crippen LogP contribution in [0.4, 0.5) is 16.3 Å². The number of carbonyl (C=O) groups is 1. The molecule has 112 valence electrons. The monoisotopic (exact) mass is 326 g/mol. The number of rotatable bonds is 2. The largest absolute Gasteiger partial charge is 0.324 e. The molecule has 1 heterocycles. The Labute approximate surface area is 133 Å². The Morgan fingerprint density at radius 1 is 1.10 bits per heavy atom. The zero-order valence-corrected chi connectivity index (χ0v) is 13.4. The highest BCUT2D eigenvalue weighted by atomic mass is 35.5. The lowest BCUT2D eigenvalue weighted by Crippen LogP contribution is -2.19. The standard InChI is InChI=1S/C14H16Cl2N4O/c1-14(2,3)11-7-12(20-19-11)18-13(21)17-10-5-8(15)4-9(16)6-10/h4-7H,1-3H3,(H3,17,18,19,20,21). The fraction of sp³-hybridized carbons (Fsp3) is 0.286. The van der Waals surface area contributed by atoms with Crippen LogP contribution in [0.3, 0.4) is 0 Å². The molecule has 0 bridgehead atoms.